The molecule has 0 aromatic rings. The Labute approximate surface area is 99.9 Å². The van der Waals surface area contributed by atoms with Crippen molar-refractivity contribution in [2.75, 3.05) is 19.8 Å². The van der Waals surface area contributed by atoms with Gasteiger partial charge in [-0.15, -0.1) is 0 Å². The van der Waals surface area contributed by atoms with Crippen LogP contribution >= 0.6 is 0 Å². The molecule has 3 unspecified atom stereocenters. The first-order chi connectivity index (χ1) is 7.63. The highest BCUT2D eigenvalue weighted by molar-refractivity contribution is 4.80. The van der Waals surface area contributed by atoms with E-state index in [4.69, 9.17) is 9.47 Å². The molecule has 0 amide bonds. The van der Waals surface area contributed by atoms with Crippen LogP contribution in [0.1, 0.15) is 40.5 Å². The zero-order chi connectivity index (χ0) is 12.0. The SMILES string of the molecule is CCOCC(C)NC1CCOC(C(C)C)C1. The van der Waals surface area contributed by atoms with Crippen LogP contribution in [0, 0.1) is 5.92 Å². The van der Waals surface area contributed by atoms with Crippen LogP contribution in [0.4, 0.5) is 0 Å². The zero-order valence-corrected chi connectivity index (χ0v) is 11.2. The number of hydrogen-bond donors (Lipinski definition) is 1. The van der Waals surface area contributed by atoms with Gasteiger partial charge in [0, 0.05) is 25.3 Å². The summed E-state index contributed by atoms with van der Waals surface area (Å²) < 4.78 is 11.2. The first-order valence-corrected chi connectivity index (χ1v) is 6.58. The molecule has 0 aromatic heterocycles. The summed E-state index contributed by atoms with van der Waals surface area (Å²) in [6.07, 6.45) is 2.68. The maximum absolute atomic E-state index is 5.76. The molecule has 96 valence electrons. The van der Waals surface area contributed by atoms with Gasteiger partial charge in [0.05, 0.1) is 12.7 Å². The van der Waals surface area contributed by atoms with Gasteiger partial charge in [-0.2, -0.15) is 0 Å². The highest BCUT2D eigenvalue weighted by Crippen LogP contribution is 2.20. The van der Waals surface area contributed by atoms with E-state index in [2.05, 4.69) is 26.1 Å². The Balaban J connectivity index is 2.25. The molecule has 1 rings (SSSR count). The molecule has 1 heterocycles. The topological polar surface area (TPSA) is 30.5 Å². The largest absolute Gasteiger partial charge is 0.380 e. The van der Waals surface area contributed by atoms with Crippen molar-refractivity contribution in [3.05, 3.63) is 0 Å². The standard InChI is InChI=1S/C13H27NO2/c1-5-15-9-11(4)14-12-6-7-16-13(8-12)10(2)3/h10-14H,5-9H2,1-4H3. The van der Waals surface area contributed by atoms with E-state index in [0.29, 0.717) is 24.1 Å². The van der Waals surface area contributed by atoms with Crippen LogP contribution in [0.5, 0.6) is 0 Å². The van der Waals surface area contributed by atoms with Gasteiger partial charge in [-0.05, 0) is 32.6 Å². The van der Waals surface area contributed by atoms with Gasteiger partial charge in [-0.25, -0.2) is 0 Å². The third kappa shape index (κ3) is 4.81. The Morgan fingerprint density at radius 3 is 2.75 bits per heavy atom. The third-order valence-electron chi connectivity index (χ3n) is 3.15. The molecule has 0 radical (unpaired) electrons. The fraction of sp³-hybridized carbons (Fsp3) is 1.00. The monoisotopic (exact) mass is 229 g/mol. The predicted molar refractivity (Wildman–Crippen MR) is 66.7 cm³/mol. The van der Waals surface area contributed by atoms with Crippen molar-refractivity contribution < 1.29 is 9.47 Å². The molecule has 0 saturated carbocycles. The Bertz CT molecular complexity index is 185. The molecule has 16 heavy (non-hydrogen) atoms. The molecule has 3 heteroatoms. The molecule has 3 nitrogen and oxygen atoms in total. The minimum Gasteiger partial charge on any atom is -0.380 e. The first-order valence-electron chi connectivity index (χ1n) is 6.58. The zero-order valence-electron chi connectivity index (χ0n) is 11.2. The first kappa shape index (κ1) is 13.9. The Kier molecular flexibility index (Phi) is 6.32. The van der Waals surface area contributed by atoms with Crippen molar-refractivity contribution in [1.82, 2.24) is 5.32 Å². The molecular weight excluding hydrogens is 202 g/mol. The smallest absolute Gasteiger partial charge is 0.0616 e. The summed E-state index contributed by atoms with van der Waals surface area (Å²) in [5, 5.41) is 3.63. The van der Waals surface area contributed by atoms with Gasteiger partial charge in [0.15, 0.2) is 0 Å². The van der Waals surface area contributed by atoms with Crippen LogP contribution in [0.25, 0.3) is 0 Å². The summed E-state index contributed by atoms with van der Waals surface area (Å²) in [5.41, 5.74) is 0. The van der Waals surface area contributed by atoms with Crippen LogP contribution in [0.3, 0.4) is 0 Å². The Morgan fingerprint density at radius 1 is 1.38 bits per heavy atom. The fourth-order valence-corrected chi connectivity index (χ4v) is 2.19. The summed E-state index contributed by atoms with van der Waals surface area (Å²) in [5.74, 6) is 0.617. The van der Waals surface area contributed by atoms with Crippen molar-refractivity contribution in [2.45, 2.75) is 58.7 Å². The molecule has 0 aliphatic carbocycles. The van der Waals surface area contributed by atoms with Gasteiger partial charge < -0.3 is 14.8 Å². The third-order valence-corrected chi connectivity index (χ3v) is 3.15. The maximum atomic E-state index is 5.76. The average molecular weight is 229 g/mol. The second kappa shape index (κ2) is 7.25. The van der Waals surface area contributed by atoms with Gasteiger partial charge in [0.2, 0.25) is 0 Å². The number of rotatable bonds is 6. The highest BCUT2D eigenvalue weighted by atomic mass is 16.5. The second-order valence-electron chi connectivity index (χ2n) is 5.10. The molecular formula is C13H27NO2. The lowest BCUT2D eigenvalue weighted by Gasteiger charge is -2.34. The second-order valence-corrected chi connectivity index (χ2v) is 5.10. The molecule has 1 aliphatic rings. The predicted octanol–water partition coefficient (Wildman–Crippen LogP) is 2.20. The van der Waals surface area contributed by atoms with Gasteiger partial charge >= 0.3 is 0 Å². The van der Waals surface area contributed by atoms with E-state index in [1.807, 2.05) is 6.92 Å². The van der Waals surface area contributed by atoms with Gasteiger partial charge in [-0.1, -0.05) is 13.8 Å². The average Bonchev–Trinajstić information content (AvgIpc) is 2.26. The van der Waals surface area contributed by atoms with E-state index >= 15 is 0 Å². The van der Waals surface area contributed by atoms with Crippen molar-refractivity contribution in [1.29, 1.82) is 0 Å². The molecule has 0 bridgehead atoms. The maximum Gasteiger partial charge on any atom is 0.0616 e. The van der Waals surface area contributed by atoms with Crippen molar-refractivity contribution in [3.63, 3.8) is 0 Å². The van der Waals surface area contributed by atoms with Gasteiger partial charge in [0.1, 0.15) is 0 Å². The summed E-state index contributed by atoms with van der Waals surface area (Å²) in [6, 6.07) is 1.03. The van der Waals surface area contributed by atoms with E-state index in [1.165, 1.54) is 0 Å². The molecule has 0 aromatic carbocycles. The van der Waals surface area contributed by atoms with Crippen molar-refractivity contribution >= 4 is 0 Å². The Morgan fingerprint density at radius 2 is 2.12 bits per heavy atom. The van der Waals surface area contributed by atoms with E-state index in [9.17, 15) is 0 Å². The minimum absolute atomic E-state index is 0.422. The lowest BCUT2D eigenvalue weighted by Crippen LogP contribution is -2.45. The number of ether oxygens (including phenoxy) is 2. The number of nitrogens with one attached hydrogen (secondary N) is 1. The Hall–Kier alpha value is -0.120. The summed E-state index contributed by atoms with van der Waals surface area (Å²) in [4.78, 5) is 0. The quantitative estimate of drug-likeness (QED) is 0.757. The van der Waals surface area contributed by atoms with E-state index in [0.717, 1.165) is 32.7 Å². The normalized spacial score (nSPS) is 28.3. The van der Waals surface area contributed by atoms with Crippen LogP contribution in [0.2, 0.25) is 0 Å². The molecule has 0 spiro atoms. The van der Waals surface area contributed by atoms with Crippen molar-refractivity contribution in [2.24, 2.45) is 5.92 Å². The van der Waals surface area contributed by atoms with Crippen LogP contribution in [-0.2, 0) is 9.47 Å². The molecule has 1 aliphatic heterocycles. The van der Waals surface area contributed by atoms with Crippen LogP contribution in [-0.4, -0.2) is 38.0 Å². The fourth-order valence-electron chi connectivity index (χ4n) is 2.19. The van der Waals surface area contributed by atoms with Crippen LogP contribution < -0.4 is 5.32 Å². The van der Waals surface area contributed by atoms with E-state index in [1.54, 1.807) is 0 Å². The van der Waals surface area contributed by atoms with E-state index < -0.39 is 0 Å². The minimum atomic E-state index is 0.422. The van der Waals surface area contributed by atoms with Gasteiger partial charge in [0.25, 0.3) is 0 Å². The lowest BCUT2D eigenvalue weighted by molar-refractivity contribution is -0.0273. The highest BCUT2D eigenvalue weighted by Gasteiger charge is 2.25. The summed E-state index contributed by atoms with van der Waals surface area (Å²) >= 11 is 0. The van der Waals surface area contributed by atoms with E-state index in [-0.39, 0.29) is 0 Å². The lowest BCUT2D eigenvalue weighted by atomic mass is 9.95. The molecule has 1 N–H and O–H groups in total. The van der Waals surface area contributed by atoms with Crippen LogP contribution in [0.15, 0.2) is 0 Å². The number of hydrogen-bond acceptors (Lipinski definition) is 3. The summed E-state index contributed by atoms with van der Waals surface area (Å²) in [7, 11) is 0. The molecule has 3 atom stereocenters. The van der Waals surface area contributed by atoms with Crippen molar-refractivity contribution in [3.8, 4) is 0 Å². The summed E-state index contributed by atoms with van der Waals surface area (Å²) in [6.45, 7) is 11.2. The van der Waals surface area contributed by atoms with Gasteiger partial charge in [-0.3, -0.25) is 0 Å². The molecule has 1 saturated heterocycles. The molecule has 1 fully saturated rings.